The molecule has 0 atom stereocenters. The van der Waals surface area contributed by atoms with Crippen LogP contribution in [0.2, 0.25) is 5.02 Å². The van der Waals surface area contributed by atoms with E-state index in [1.165, 1.54) is 21.3 Å². The highest BCUT2D eigenvalue weighted by atomic mass is 35.5. The van der Waals surface area contributed by atoms with Crippen LogP contribution in [0.15, 0.2) is 36.4 Å². The van der Waals surface area contributed by atoms with E-state index in [-0.39, 0.29) is 5.78 Å². The Morgan fingerprint density at radius 3 is 2.16 bits per heavy atom. The first-order valence-corrected chi connectivity index (χ1v) is 10.2. The molecule has 160 valence electrons. The smallest absolute Gasteiger partial charge is 0.203 e. The Hall–Kier alpha value is -3.18. The summed E-state index contributed by atoms with van der Waals surface area (Å²) in [6.07, 6.45) is 0. The SMILES string of the molecule is COc1cc(C(=O)c2cc(C)c3c(c2C)c2cc(Cl)ccc2n3C)cc(OC)c1OC. The minimum Gasteiger partial charge on any atom is -0.493 e. The quantitative estimate of drug-likeness (QED) is 0.367. The Morgan fingerprint density at radius 1 is 0.935 bits per heavy atom. The molecule has 0 saturated heterocycles. The van der Waals surface area contributed by atoms with Crippen molar-refractivity contribution in [2.75, 3.05) is 21.3 Å². The number of fused-ring (bicyclic) bond motifs is 3. The van der Waals surface area contributed by atoms with Gasteiger partial charge in [0.2, 0.25) is 5.75 Å². The monoisotopic (exact) mass is 437 g/mol. The summed E-state index contributed by atoms with van der Waals surface area (Å²) in [7, 11) is 6.64. The first kappa shape index (κ1) is 21.1. The Kier molecular flexibility index (Phi) is 5.31. The number of hydrogen-bond acceptors (Lipinski definition) is 4. The normalized spacial score (nSPS) is 11.2. The summed E-state index contributed by atoms with van der Waals surface area (Å²) in [5, 5.41) is 2.74. The van der Waals surface area contributed by atoms with Crippen molar-refractivity contribution in [1.82, 2.24) is 4.57 Å². The van der Waals surface area contributed by atoms with Gasteiger partial charge in [0, 0.05) is 39.5 Å². The fourth-order valence-electron chi connectivity index (χ4n) is 4.39. The molecule has 0 unspecified atom stereocenters. The lowest BCUT2D eigenvalue weighted by Crippen LogP contribution is -2.07. The Morgan fingerprint density at radius 2 is 1.58 bits per heavy atom. The topological polar surface area (TPSA) is 49.7 Å². The van der Waals surface area contributed by atoms with E-state index in [2.05, 4.69) is 4.57 Å². The van der Waals surface area contributed by atoms with Crippen LogP contribution >= 0.6 is 11.6 Å². The van der Waals surface area contributed by atoms with Crippen LogP contribution < -0.4 is 14.2 Å². The van der Waals surface area contributed by atoms with E-state index in [0.29, 0.717) is 33.4 Å². The van der Waals surface area contributed by atoms with Crippen LogP contribution in [0.1, 0.15) is 27.0 Å². The number of halogens is 1. The average molecular weight is 438 g/mol. The van der Waals surface area contributed by atoms with Crippen molar-refractivity contribution in [1.29, 1.82) is 0 Å². The summed E-state index contributed by atoms with van der Waals surface area (Å²) in [5.41, 5.74) is 5.19. The van der Waals surface area contributed by atoms with Gasteiger partial charge in [-0.3, -0.25) is 4.79 Å². The van der Waals surface area contributed by atoms with Crippen LogP contribution in [0.5, 0.6) is 17.2 Å². The second-order valence-electron chi connectivity index (χ2n) is 7.55. The number of methoxy groups -OCH3 is 3. The van der Waals surface area contributed by atoms with Gasteiger partial charge in [-0.1, -0.05) is 11.6 Å². The number of rotatable bonds is 5. The van der Waals surface area contributed by atoms with E-state index in [1.807, 2.05) is 45.2 Å². The molecule has 31 heavy (non-hydrogen) atoms. The Labute approximate surface area is 186 Å². The molecule has 0 spiro atoms. The molecule has 0 aliphatic carbocycles. The summed E-state index contributed by atoms with van der Waals surface area (Å²) in [4.78, 5) is 13.6. The third kappa shape index (κ3) is 3.20. The van der Waals surface area contributed by atoms with Crippen molar-refractivity contribution in [2.45, 2.75) is 13.8 Å². The third-order valence-electron chi connectivity index (χ3n) is 5.85. The van der Waals surface area contributed by atoms with Gasteiger partial charge in [-0.15, -0.1) is 0 Å². The van der Waals surface area contributed by atoms with E-state index in [1.54, 1.807) is 12.1 Å². The largest absolute Gasteiger partial charge is 0.493 e. The Balaban J connectivity index is 1.99. The van der Waals surface area contributed by atoms with E-state index in [4.69, 9.17) is 25.8 Å². The molecule has 0 aliphatic heterocycles. The average Bonchev–Trinajstić information content (AvgIpc) is 3.06. The van der Waals surface area contributed by atoms with Gasteiger partial charge in [0.15, 0.2) is 17.3 Å². The van der Waals surface area contributed by atoms with E-state index in [9.17, 15) is 4.79 Å². The molecule has 0 fully saturated rings. The van der Waals surface area contributed by atoms with Gasteiger partial charge in [0.1, 0.15) is 0 Å². The first-order chi connectivity index (χ1) is 14.8. The standard InChI is InChI=1S/C25H24ClNO4/c1-13-9-17(24(28)15-10-20(29-4)25(31-6)21(11-15)30-5)14(2)22-18-12-16(26)7-8-19(18)27(3)23(13)22/h7-12H,1-6H3. The molecule has 0 radical (unpaired) electrons. The number of nitrogens with zero attached hydrogens (tertiary/aromatic N) is 1. The van der Waals surface area contributed by atoms with Gasteiger partial charge in [-0.25, -0.2) is 0 Å². The van der Waals surface area contributed by atoms with E-state index in [0.717, 1.165) is 32.9 Å². The highest BCUT2D eigenvalue weighted by Gasteiger charge is 2.23. The summed E-state index contributed by atoms with van der Waals surface area (Å²) < 4.78 is 18.4. The van der Waals surface area contributed by atoms with Gasteiger partial charge in [-0.05, 0) is 61.4 Å². The zero-order valence-electron chi connectivity index (χ0n) is 18.4. The lowest BCUT2D eigenvalue weighted by atomic mass is 9.93. The van der Waals surface area contributed by atoms with Crippen molar-refractivity contribution in [3.05, 3.63) is 63.7 Å². The van der Waals surface area contributed by atoms with Gasteiger partial charge >= 0.3 is 0 Å². The van der Waals surface area contributed by atoms with Gasteiger partial charge in [0.25, 0.3) is 0 Å². The van der Waals surface area contributed by atoms with Gasteiger partial charge in [-0.2, -0.15) is 0 Å². The number of aromatic nitrogens is 1. The molecule has 1 aromatic heterocycles. The molecule has 1 heterocycles. The molecule has 3 aromatic carbocycles. The van der Waals surface area contributed by atoms with Crippen LogP contribution in [0.25, 0.3) is 21.8 Å². The number of benzene rings is 3. The summed E-state index contributed by atoms with van der Waals surface area (Å²) in [6, 6.07) is 11.2. The van der Waals surface area contributed by atoms with Gasteiger partial charge in [0.05, 0.1) is 26.8 Å². The molecule has 0 amide bonds. The van der Waals surface area contributed by atoms with E-state index >= 15 is 0 Å². The van der Waals surface area contributed by atoms with Crippen molar-refractivity contribution < 1.29 is 19.0 Å². The fraction of sp³-hybridized carbons (Fsp3) is 0.240. The van der Waals surface area contributed by atoms with Crippen LogP contribution in [-0.2, 0) is 7.05 Å². The molecule has 4 rings (SSSR count). The molecule has 0 bridgehead atoms. The predicted octanol–water partition coefficient (Wildman–Crippen LogP) is 5.86. The molecule has 0 saturated carbocycles. The van der Waals surface area contributed by atoms with Crippen molar-refractivity contribution in [3.8, 4) is 17.2 Å². The third-order valence-corrected chi connectivity index (χ3v) is 6.08. The van der Waals surface area contributed by atoms with Crippen LogP contribution in [0.4, 0.5) is 0 Å². The summed E-state index contributed by atoms with van der Waals surface area (Å²) >= 11 is 6.30. The first-order valence-electron chi connectivity index (χ1n) is 9.84. The van der Waals surface area contributed by atoms with Gasteiger partial charge < -0.3 is 18.8 Å². The summed E-state index contributed by atoms with van der Waals surface area (Å²) in [5.74, 6) is 1.23. The van der Waals surface area contributed by atoms with Crippen molar-refractivity contribution in [2.24, 2.45) is 7.05 Å². The van der Waals surface area contributed by atoms with Crippen molar-refractivity contribution >= 4 is 39.2 Å². The second-order valence-corrected chi connectivity index (χ2v) is 7.99. The van der Waals surface area contributed by atoms with Crippen LogP contribution in [-0.4, -0.2) is 31.7 Å². The maximum absolute atomic E-state index is 13.6. The number of ether oxygens (including phenoxy) is 3. The molecule has 5 nitrogen and oxygen atoms in total. The zero-order valence-corrected chi connectivity index (χ0v) is 19.2. The molecular formula is C25H24ClNO4. The van der Waals surface area contributed by atoms with Crippen LogP contribution in [0.3, 0.4) is 0 Å². The van der Waals surface area contributed by atoms with Crippen LogP contribution in [0, 0.1) is 13.8 Å². The maximum atomic E-state index is 13.6. The molecule has 4 aromatic rings. The maximum Gasteiger partial charge on any atom is 0.203 e. The molecule has 6 heteroatoms. The molecular weight excluding hydrogens is 414 g/mol. The van der Waals surface area contributed by atoms with E-state index < -0.39 is 0 Å². The Bertz CT molecular complexity index is 1330. The minimum absolute atomic E-state index is 0.110. The highest BCUT2D eigenvalue weighted by molar-refractivity contribution is 6.32. The number of hydrogen-bond donors (Lipinski definition) is 0. The zero-order chi connectivity index (χ0) is 22.4. The molecule has 0 N–H and O–H groups in total. The summed E-state index contributed by atoms with van der Waals surface area (Å²) in [6.45, 7) is 4.00. The highest BCUT2D eigenvalue weighted by Crippen LogP contribution is 2.40. The molecule has 0 aliphatic rings. The predicted molar refractivity (Wildman–Crippen MR) is 124 cm³/mol. The lowest BCUT2D eigenvalue weighted by Gasteiger charge is -2.15. The second kappa shape index (κ2) is 7.82. The number of ketones is 1. The van der Waals surface area contributed by atoms with Crippen molar-refractivity contribution in [3.63, 3.8) is 0 Å². The number of carbonyl (C=O) groups is 1. The number of aryl methyl sites for hydroxylation is 3. The minimum atomic E-state index is -0.110. The number of carbonyl (C=O) groups excluding carboxylic acids is 1. The lowest BCUT2D eigenvalue weighted by molar-refractivity contribution is 0.103. The fourth-order valence-corrected chi connectivity index (χ4v) is 4.56.